The molecule has 0 saturated carbocycles. The van der Waals surface area contributed by atoms with Gasteiger partial charge in [-0.05, 0) is 48.9 Å². The number of hydrogen-bond donors (Lipinski definition) is 2. The highest BCUT2D eigenvalue weighted by Crippen LogP contribution is 2.27. The number of nitrogens with zero attached hydrogens (tertiary/aromatic N) is 2. The molecule has 0 aliphatic rings. The molecule has 0 saturated heterocycles. The van der Waals surface area contributed by atoms with Gasteiger partial charge in [-0.25, -0.2) is 5.43 Å². The summed E-state index contributed by atoms with van der Waals surface area (Å²) in [7, 11) is 0. The number of nitrogens with one attached hydrogen (secondary N) is 1. The third-order valence-corrected chi connectivity index (χ3v) is 4.52. The van der Waals surface area contributed by atoms with Crippen molar-refractivity contribution in [3.05, 3.63) is 65.9 Å². The Labute approximate surface area is 149 Å². The first kappa shape index (κ1) is 17.0. The summed E-state index contributed by atoms with van der Waals surface area (Å²) >= 11 is 1.46. The summed E-state index contributed by atoms with van der Waals surface area (Å²) in [5.74, 6) is 0.274. The molecule has 25 heavy (non-hydrogen) atoms. The zero-order chi connectivity index (χ0) is 17.6. The Morgan fingerprint density at radius 2 is 2.00 bits per heavy atom. The predicted molar refractivity (Wildman–Crippen MR) is 101 cm³/mol. The number of aryl methyl sites for hydroxylation is 1. The summed E-state index contributed by atoms with van der Waals surface area (Å²) < 4.78 is 0. The lowest BCUT2D eigenvalue weighted by Crippen LogP contribution is -2.19. The number of aromatic nitrogens is 1. The molecule has 0 fully saturated rings. The summed E-state index contributed by atoms with van der Waals surface area (Å²) in [4.78, 5) is 17.5. The number of thioether (sulfide) groups is 1. The molecule has 0 aliphatic carbocycles. The van der Waals surface area contributed by atoms with E-state index >= 15 is 0 Å². The summed E-state index contributed by atoms with van der Waals surface area (Å²) in [6, 6.07) is 16.4. The zero-order valence-electron chi connectivity index (χ0n) is 13.6. The van der Waals surface area contributed by atoms with Crippen molar-refractivity contribution in [1.29, 1.82) is 0 Å². The highest BCUT2D eigenvalue weighted by Gasteiger charge is 2.07. The summed E-state index contributed by atoms with van der Waals surface area (Å²) in [6.07, 6.45) is 1.54. The molecule has 0 aliphatic heterocycles. The minimum atomic E-state index is -0.182. The quantitative estimate of drug-likeness (QED) is 0.419. The number of pyridine rings is 1. The molecule has 1 heterocycles. The fourth-order valence-electron chi connectivity index (χ4n) is 2.30. The summed E-state index contributed by atoms with van der Waals surface area (Å²) in [5, 5.41) is 14.2. The van der Waals surface area contributed by atoms with Gasteiger partial charge in [0.2, 0.25) is 5.91 Å². The van der Waals surface area contributed by atoms with Gasteiger partial charge in [0.15, 0.2) is 0 Å². The van der Waals surface area contributed by atoms with Gasteiger partial charge in [-0.1, -0.05) is 18.2 Å². The Bertz CT molecular complexity index is 924. The molecule has 2 aromatic carbocycles. The van der Waals surface area contributed by atoms with Gasteiger partial charge in [-0.3, -0.25) is 9.78 Å². The number of hydrazone groups is 1. The van der Waals surface area contributed by atoms with Crippen molar-refractivity contribution >= 4 is 34.8 Å². The second-order valence-electron chi connectivity index (χ2n) is 5.45. The highest BCUT2D eigenvalue weighted by atomic mass is 32.2. The molecular formula is C19H17N3O2S. The lowest BCUT2D eigenvalue weighted by atomic mass is 10.2. The van der Waals surface area contributed by atoms with Crippen molar-refractivity contribution in [3.8, 4) is 5.75 Å². The lowest BCUT2D eigenvalue weighted by molar-refractivity contribution is -0.118. The van der Waals surface area contributed by atoms with Crippen molar-refractivity contribution < 1.29 is 9.90 Å². The van der Waals surface area contributed by atoms with Crippen molar-refractivity contribution in [3.63, 3.8) is 0 Å². The van der Waals surface area contributed by atoms with Gasteiger partial charge in [0.25, 0.3) is 0 Å². The standard InChI is InChI=1S/C19H17N3O2S/c1-13-10-18(16-4-2-3-5-17(16)21-13)25-12-19(24)22-20-11-14-6-8-15(23)9-7-14/h2-11,23H,12H2,1H3,(H,22,24). The van der Waals surface area contributed by atoms with E-state index in [2.05, 4.69) is 15.5 Å². The number of carbonyl (C=O) groups is 1. The smallest absolute Gasteiger partial charge is 0.250 e. The maximum Gasteiger partial charge on any atom is 0.250 e. The van der Waals surface area contributed by atoms with Crippen LogP contribution in [-0.2, 0) is 4.79 Å². The molecule has 0 bridgehead atoms. The molecule has 6 heteroatoms. The number of aromatic hydroxyl groups is 1. The van der Waals surface area contributed by atoms with Crippen LogP contribution in [0.15, 0.2) is 64.6 Å². The Morgan fingerprint density at radius 1 is 1.24 bits per heavy atom. The predicted octanol–water partition coefficient (Wildman–Crippen LogP) is 3.49. The highest BCUT2D eigenvalue weighted by molar-refractivity contribution is 8.00. The van der Waals surface area contributed by atoms with Crippen LogP contribution in [-0.4, -0.2) is 28.0 Å². The molecule has 0 spiro atoms. The van der Waals surface area contributed by atoms with E-state index in [9.17, 15) is 9.90 Å². The van der Waals surface area contributed by atoms with E-state index in [0.717, 1.165) is 27.1 Å². The first-order valence-corrected chi connectivity index (χ1v) is 8.70. The summed E-state index contributed by atoms with van der Waals surface area (Å²) in [5.41, 5.74) is 5.15. The number of phenols is 1. The van der Waals surface area contributed by atoms with Gasteiger partial charge in [-0.15, -0.1) is 11.8 Å². The van der Waals surface area contributed by atoms with Gasteiger partial charge in [-0.2, -0.15) is 5.10 Å². The number of amides is 1. The Balaban J connectivity index is 1.60. The van der Waals surface area contributed by atoms with Crippen LogP contribution < -0.4 is 5.43 Å². The molecule has 3 rings (SSSR count). The van der Waals surface area contributed by atoms with Crippen LogP contribution in [0.1, 0.15) is 11.3 Å². The topological polar surface area (TPSA) is 74.6 Å². The zero-order valence-corrected chi connectivity index (χ0v) is 14.5. The molecule has 0 atom stereocenters. The number of phenolic OH excluding ortho intramolecular Hbond substituents is 1. The van der Waals surface area contributed by atoms with E-state index in [0.29, 0.717) is 0 Å². The minimum Gasteiger partial charge on any atom is -0.508 e. The van der Waals surface area contributed by atoms with E-state index in [1.165, 1.54) is 18.0 Å². The maximum absolute atomic E-state index is 12.0. The van der Waals surface area contributed by atoms with Gasteiger partial charge < -0.3 is 5.11 Å². The SMILES string of the molecule is Cc1cc(SCC(=O)NN=Cc2ccc(O)cc2)c2ccccc2n1. The second-order valence-corrected chi connectivity index (χ2v) is 6.47. The monoisotopic (exact) mass is 351 g/mol. The first-order valence-electron chi connectivity index (χ1n) is 7.72. The molecule has 2 N–H and O–H groups in total. The van der Waals surface area contributed by atoms with Crippen LogP contribution >= 0.6 is 11.8 Å². The fraction of sp³-hybridized carbons (Fsp3) is 0.105. The van der Waals surface area contributed by atoms with Crippen molar-refractivity contribution in [2.75, 3.05) is 5.75 Å². The molecule has 3 aromatic rings. The third kappa shape index (κ3) is 4.58. The van der Waals surface area contributed by atoms with E-state index in [-0.39, 0.29) is 17.4 Å². The van der Waals surface area contributed by atoms with E-state index in [4.69, 9.17) is 0 Å². The average Bonchev–Trinajstić information content (AvgIpc) is 2.61. The van der Waals surface area contributed by atoms with Crippen LogP contribution in [0, 0.1) is 6.92 Å². The maximum atomic E-state index is 12.0. The number of rotatable bonds is 5. The molecule has 0 radical (unpaired) electrons. The van der Waals surface area contributed by atoms with Crippen LogP contribution in [0.4, 0.5) is 0 Å². The average molecular weight is 351 g/mol. The lowest BCUT2D eigenvalue weighted by Gasteiger charge is -2.07. The van der Waals surface area contributed by atoms with Crippen LogP contribution in [0.3, 0.4) is 0 Å². The Kier molecular flexibility index (Phi) is 5.30. The fourth-order valence-corrected chi connectivity index (χ4v) is 3.24. The van der Waals surface area contributed by atoms with Crippen LogP contribution in [0.2, 0.25) is 0 Å². The first-order chi connectivity index (χ1) is 12.1. The van der Waals surface area contributed by atoms with Gasteiger partial charge in [0.05, 0.1) is 17.5 Å². The van der Waals surface area contributed by atoms with Crippen molar-refractivity contribution in [2.45, 2.75) is 11.8 Å². The molecule has 1 aromatic heterocycles. The Morgan fingerprint density at radius 3 is 2.80 bits per heavy atom. The molecule has 1 amide bonds. The van der Waals surface area contributed by atoms with Gasteiger partial charge in [0.1, 0.15) is 5.75 Å². The molecule has 126 valence electrons. The van der Waals surface area contributed by atoms with E-state index in [1.54, 1.807) is 24.3 Å². The van der Waals surface area contributed by atoms with Crippen molar-refractivity contribution in [1.82, 2.24) is 10.4 Å². The number of fused-ring (bicyclic) bond motifs is 1. The minimum absolute atomic E-state index is 0.182. The molecule has 0 unspecified atom stereocenters. The second kappa shape index (κ2) is 7.81. The third-order valence-electron chi connectivity index (χ3n) is 3.46. The van der Waals surface area contributed by atoms with Crippen LogP contribution in [0.5, 0.6) is 5.75 Å². The number of para-hydroxylation sites is 1. The number of hydrogen-bond acceptors (Lipinski definition) is 5. The number of benzene rings is 2. The van der Waals surface area contributed by atoms with Gasteiger partial charge in [0, 0.05) is 16.0 Å². The van der Waals surface area contributed by atoms with Crippen molar-refractivity contribution in [2.24, 2.45) is 5.10 Å². The van der Waals surface area contributed by atoms with Gasteiger partial charge >= 0.3 is 0 Å². The van der Waals surface area contributed by atoms with E-state index in [1.807, 2.05) is 37.3 Å². The Hall–Kier alpha value is -2.86. The normalized spacial score (nSPS) is 11.1. The molecule has 5 nitrogen and oxygen atoms in total. The summed E-state index contributed by atoms with van der Waals surface area (Å²) in [6.45, 7) is 1.94. The van der Waals surface area contributed by atoms with Crippen LogP contribution in [0.25, 0.3) is 10.9 Å². The van der Waals surface area contributed by atoms with E-state index < -0.39 is 0 Å². The largest absolute Gasteiger partial charge is 0.508 e. The molecular weight excluding hydrogens is 334 g/mol. The number of carbonyl (C=O) groups excluding carboxylic acids is 1.